The number of halogens is 1. The molecule has 19 heavy (non-hydrogen) atoms. The Bertz CT molecular complexity index is 623. The first-order valence-electron chi connectivity index (χ1n) is 6.61. The Morgan fingerprint density at radius 2 is 1.84 bits per heavy atom. The maximum atomic E-state index is 12.1. The molecule has 0 bridgehead atoms. The predicted molar refractivity (Wildman–Crippen MR) is 78.4 cm³/mol. The first-order chi connectivity index (χ1) is 9.12. The summed E-state index contributed by atoms with van der Waals surface area (Å²) in [5.74, 6) is 0. The van der Waals surface area contributed by atoms with Gasteiger partial charge in [0.1, 0.15) is 0 Å². The van der Waals surface area contributed by atoms with E-state index in [0.29, 0.717) is 13.1 Å². The summed E-state index contributed by atoms with van der Waals surface area (Å²) >= 11 is 3.60. The zero-order chi connectivity index (χ0) is 14.0. The fraction of sp³-hybridized carbons (Fsp3) is 0.538. The molecule has 0 fully saturated rings. The molecule has 6 heteroatoms. The topological polar surface area (TPSA) is 44.8 Å². The largest absolute Gasteiger partial charge is 0.328 e. The van der Waals surface area contributed by atoms with Crippen LogP contribution in [-0.2, 0) is 26.1 Å². The zero-order valence-corrected chi connectivity index (χ0v) is 13.1. The Balaban J connectivity index is 2.40. The summed E-state index contributed by atoms with van der Waals surface area (Å²) in [5.41, 5.74) is 2.12. The second kappa shape index (κ2) is 5.77. The standard InChI is InChI=1S/C13H19BrN4O/c1-4-10-12(14)11(18(6-3)15-10)9-17-8-7-16(5-2)13(17)19/h7-8H,4-6,9H2,1-3H3. The van der Waals surface area contributed by atoms with Crippen LogP contribution in [0.25, 0.3) is 0 Å². The third-order valence-electron chi connectivity index (χ3n) is 3.27. The van der Waals surface area contributed by atoms with Crippen molar-refractivity contribution >= 4 is 15.9 Å². The average molecular weight is 327 g/mol. The highest BCUT2D eigenvalue weighted by molar-refractivity contribution is 9.10. The van der Waals surface area contributed by atoms with E-state index in [1.165, 1.54) is 0 Å². The van der Waals surface area contributed by atoms with E-state index in [0.717, 1.165) is 28.8 Å². The molecule has 0 spiro atoms. The molecule has 0 N–H and O–H groups in total. The number of aromatic nitrogens is 4. The normalized spacial score (nSPS) is 11.2. The minimum Gasteiger partial charge on any atom is -0.300 e. The van der Waals surface area contributed by atoms with E-state index in [4.69, 9.17) is 0 Å². The summed E-state index contributed by atoms with van der Waals surface area (Å²) in [7, 11) is 0. The van der Waals surface area contributed by atoms with Gasteiger partial charge >= 0.3 is 5.69 Å². The van der Waals surface area contributed by atoms with Gasteiger partial charge in [0.25, 0.3) is 0 Å². The monoisotopic (exact) mass is 326 g/mol. The van der Waals surface area contributed by atoms with Gasteiger partial charge in [0.05, 0.1) is 22.4 Å². The fourth-order valence-corrected chi connectivity index (χ4v) is 2.83. The maximum Gasteiger partial charge on any atom is 0.328 e. The van der Waals surface area contributed by atoms with Crippen molar-refractivity contribution < 1.29 is 0 Å². The molecule has 0 aliphatic heterocycles. The first kappa shape index (κ1) is 14.1. The SMILES string of the molecule is CCc1nn(CC)c(Cn2ccn(CC)c2=O)c1Br. The van der Waals surface area contributed by atoms with E-state index < -0.39 is 0 Å². The van der Waals surface area contributed by atoms with Gasteiger partial charge in [0, 0.05) is 25.5 Å². The second-order valence-electron chi connectivity index (χ2n) is 4.37. The van der Waals surface area contributed by atoms with E-state index in [-0.39, 0.29) is 5.69 Å². The van der Waals surface area contributed by atoms with Crippen LogP contribution in [-0.4, -0.2) is 18.9 Å². The van der Waals surface area contributed by atoms with Gasteiger partial charge in [-0.3, -0.25) is 13.8 Å². The van der Waals surface area contributed by atoms with Crippen molar-refractivity contribution in [2.45, 2.75) is 46.8 Å². The van der Waals surface area contributed by atoms with Gasteiger partial charge in [0.15, 0.2) is 0 Å². The van der Waals surface area contributed by atoms with E-state index >= 15 is 0 Å². The van der Waals surface area contributed by atoms with E-state index in [1.54, 1.807) is 9.13 Å². The van der Waals surface area contributed by atoms with E-state index in [9.17, 15) is 4.79 Å². The number of nitrogens with zero attached hydrogens (tertiary/aromatic N) is 4. The summed E-state index contributed by atoms with van der Waals surface area (Å²) in [4.78, 5) is 12.1. The van der Waals surface area contributed by atoms with Crippen LogP contribution in [0, 0.1) is 0 Å². The molecule has 0 radical (unpaired) electrons. The van der Waals surface area contributed by atoms with Crippen molar-refractivity contribution in [1.82, 2.24) is 18.9 Å². The molecule has 2 heterocycles. The molecule has 0 amide bonds. The molecule has 5 nitrogen and oxygen atoms in total. The molecule has 2 aromatic rings. The van der Waals surface area contributed by atoms with Gasteiger partial charge in [-0.15, -0.1) is 0 Å². The van der Waals surface area contributed by atoms with Gasteiger partial charge in [-0.1, -0.05) is 6.92 Å². The van der Waals surface area contributed by atoms with Crippen molar-refractivity contribution in [3.05, 3.63) is 38.7 Å². The summed E-state index contributed by atoms with van der Waals surface area (Å²) in [5, 5.41) is 4.55. The highest BCUT2D eigenvalue weighted by Crippen LogP contribution is 2.22. The minimum absolute atomic E-state index is 0.0244. The van der Waals surface area contributed by atoms with Crippen LogP contribution in [0.5, 0.6) is 0 Å². The molecule has 0 aliphatic rings. The highest BCUT2D eigenvalue weighted by atomic mass is 79.9. The van der Waals surface area contributed by atoms with Gasteiger partial charge in [-0.2, -0.15) is 5.10 Å². The molecule has 0 unspecified atom stereocenters. The summed E-state index contributed by atoms with van der Waals surface area (Å²) in [6.45, 7) is 8.15. The molecule has 0 atom stereocenters. The lowest BCUT2D eigenvalue weighted by Crippen LogP contribution is -2.24. The fourth-order valence-electron chi connectivity index (χ4n) is 2.14. The van der Waals surface area contributed by atoms with E-state index in [1.807, 2.05) is 24.0 Å². The van der Waals surface area contributed by atoms with Gasteiger partial charge in [-0.25, -0.2) is 4.79 Å². The van der Waals surface area contributed by atoms with Gasteiger partial charge < -0.3 is 0 Å². The van der Waals surface area contributed by atoms with Crippen LogP contribution in [0.15, 0.2) is 21.7 Å². The molecule has 0 saturated carbocycles. The van der Waals surface area contributed by atoms with Crippen LogP contribution in [0.4, 0.5) is 0 Å². The summed E-state index contributed by atoms with van der Waals surface area (Å²) in [6, 6.07) is 0. The van der Waals surface area contributed by atoms with Crippen molar-refractivity contribution in [3.8, 4) is 0 Å². The van der Waals surface area contributed by atoms with Crippen molar-refractivity contribution in [2.75, 3.05) is 0 Å². The third-order valence-corrected chi connectivity index (χ3v) is 4.19. The number of imidazole rings is 1. The Kier molecular flexibility index (Phi) is 4.29. The molecule has 0 aliphatic carbocycles. The number of aryl methyl sites for hydroxylation is 3. The predicted octanol–water partition coefficient (Wildman–Crippen LogP) is 2.26. The van der Waals surface area contributed by atoms with Crippen LogP contribution >= 0.6 is 15.9 Å². The Morgan fingerprint density at radius 1 is 1.16 bits per heavy atom. The van der Waals surface area contributed by atoms with Gasteiger partial charge in [-0.05, 0) is 36.2 Å². The zero-order valence-electron chi connectivity index (χ0n) is 11.6. The van der Waals surface area contributed by atoms with Gasteiger partial charge in [0.2, 0.25) is 0 Å². The Labute approximate surface area is 121 Å². The number of hydrogen-bond donors (Lipinski definition) is 0. The lowest BCUT2D eigenvalue weighted by molar-refractivity contribution is 0.581. The molecular weight excluding hydrogens is 308 g/mol. The molecule has 0 saturated heterocycles. The Hall–Kier alpha value is -1.30. The van der Waals surface area contributed by atoms with Crippen molar-refractivity contribution in [2.24, 2.45) is 0 Å². The van der Waals surface area contributed by atoms with Crippen LogP contribution in [0.3, 0.4) is 0 Å². The molecule has 0 aromatic carbocycles. The maximum absolute atomic E-state index is 12.1. The smallest absolute Gasteiger partial charge is 0.300 e. The van der Waals surface area contributed by atoms with Crippen molar-refractivity contribution in [3.63, 3.8) is 0 Å². The van der Waals surface area contributed by atoms with Crippen LogP contribution in [0.1, 0.15) is 32.2 Å². The first-order valence-corrected chi connectivity index (χ1v) is 7.41. The van der Waals surface area contributed by atoms with Crippen LogP contribution in [0.2, 0.25) is 0 Å². The minimum atomic E-state index is 0.0244. The third kappa shape index (κ3) is 2.54. The number of rotatable bonds is 5. The number of hydrogen-bond acceptors (Lipinski definition) is 2. The lowest BCUT2D eigenvalue weighted by atomic mass is 10.3. The summed E-state index contributed by atoms with van der Waals surface area (Å²) in [6.07, 6.45) is 4.53. The highest BCUT2D eigenvalue weighted by Gasteiger charge is 2.15. The quantitative estimate of drug-likeness (QED) is 0.846. The molecule has 2 rings (SSSR count). The van der Waals surface area contributed by atoms with Crippen LogP contribution < -0.4 is 5.69 Å². The summed E-state index contributed by atoms with van der Waals surface area (Å²) < 4.78 is 6.39. The van der Waals surface area contributed by atoms with E-state index in [2.05, 4.69) is 34.9 Å². The molecular formula is C13H19BrN4O. The molecule has 104 valence electrons. The lowest BCUT2D eigenvalue weighted by Gasteiger charge is -2.05. The second-order valence-corrected chi connectivity index (χ2v) is 5.16. The average Bonchev–Trinajstić information content (AvgIpc) is 2.92. The van der Waals surface area contributed by atoms with Crippen molar-refractivity contribution in [1.29, 1.82) is 0 Å². The Morgan fingerprint density at radius 3 is 2.37 bits per heavy atom. The molecule has 2 aromatic heterocycles.